The molecular weight excluding hydrogens is 541 g/mol. The highest BCUT2D eigenvalue weighted by molar-refractivity contribution is 8.15. The number of benzene rings is 2. The first-order valence-electron chi connectivity index (χ1n) is 12.5. The molecule has 8 nitrogen and oxygen atoms in total. The molecule has 1 aromatic heterocycles. The first-order valence-corrected chi connectivity index (χ1v) is 13.5. The number of allylic oxidation sites excluding steroid dienone is 4. The Labute approximate surface area is 232 Å². The number of ether oxygens (including phenoxy) is 1. The molecule has 0 spiro atoms. The average Bonchev–Trinajstić information content (AvgIpc) is 3.43. The van der Waals surface area contributed by atoms with Crippen molar-refractivity contribution in [1.29, 1.82) is 0 Å². The molecule has 204 valence electrons. The zero-order valence-corrected chi connectivity index (χ0v) is 22.3. The maximum Gasteiger partial charge on any atom is 0.573 e. The largest absolute Gasteiger partial charge is 0.573 e. The Kier molecular flexibility index (Phi) is 6.57. The van der Waals surface area contributed by atoms with E-state index in [1.807, 2.05) is 44.2 Å². The minimum Gasteiger partial charge on any atom is -0.406 e. The molecule has 2 aliphatic carbocycles. The fraction of sp³-hybridized carbons (Fsp3) is 0.250. The van der Waals surface area contributed by atoms with Crippen molar-refractivity contribution in [3.63, 3.8) is 0 Å². The molecule has 2 heterocycles. The molecule has 0 N–H and O–H groups in total. The summed E-state index contributed by atoms with van der Waals surface area (Å²) in [4.78, 5) is 21.7. The molecule has 2 unspecified atom stereocenters. The second-order valence-electron chi connectivity index (χ2n) is 9.67. The van der Waals surface area contributed by atoms with Crippen LogP contribution < -0.4 is 4.74 Å². The van der Waals surface area contributed by atoms with Crippen LogP contribution in [0.25, 0.3) is 11.3 Å². The number of fused-ring (bicyclic) bond motifs is 1. The number of halogens is 3. The van der Waals surface area contributed by atoms with Gasteiger partial charge in [0.1, 0.15) is 12.1 Å². The lowest BCUT2D eigenvalue weighted by molar-refractivity contribution is -0.274. The molecule has 2 atom stereocenters. The number of hydrazone groups is 1. The molecule has 2 fully saturated rings. The van der Waals surface area contributed by atoms with E-state index in [0.717, 1.165) is 34.4 Å². The van der Waals surface area contributed by atoms with Crippen molar-refractivity contribution in [3.8, 4) is 11.4 Å². The zero-order valence-electron chi connectivity index (χ0n) is 21.5. The first-order chi connectivity index (χ1) is 19.2. The number of carbonyl (C=O) groups excluding carboxylic acids is 1. The van der Waals surface area contributed by atoms with E-state index in [1.54, 1.807) is 6.21 Å². The smallest absolute Gasteiger partial charge is 0.406 e. The molecule has 2 aromatic carbocycles. The number of hydrogen-bond donors (Lipinski definition) is 0. The molecule has 0 bridgehead atoms. The van der Waals surface area contributed by atoms with Gasteiger partial charge in [-0.3, -0.25) is 4.79 Å². The molecule has 1 saturated heterocycles. The van der Waals surface area contributed by atoms with Crippen molar-refractivity contribution in [3.05, 3.63) is 83.5 Å². The van der Waals surface area contributed by atoms with Gasteiger partial charge in [-0.2, -0.15) is 10.1 Å². The maximum atomic E-state index is 12.5. The molecule has 1 saturated carbocycles. The van der Waals surface area contributed by atoms with Crippen LogP contribution in [-0.2, 0) is 4.79 Å². The zero-order chi connectivity index (χ0) is 28.0. The fourth-order valence-corrected chi connectivity index (χ4v) is 5.59. The number of thioether (sulfide) groups is 1. The summed E-state index contributed by atoms with van der Waals surface area (Å²) >= 11 is 1.38. The van der Waals surface area contributed by atoms with E-state index < -0.39 is 6.36 Å². The Morgan fingerprint density at radius 3 is 2.55 bits per heavy atom. The summed E-state index contributed by atoms with van der Waals surface area (Å²) in [5.74, 6) is 0.922. The normalized spacial score (nSPS) is 21.6. The van der Waals surface area contributed by atoms with Crippen molar-refractivity contribution in [2.75, 3.05) is 5.75 Å². The van der Waals surface area contributed by atoms with Gasteiger partial charge in [-0.25, -0.2) is 14.7 Å². The van der Waals surface area contributed by atoms with Crippen LogP contribution in [0.3, 0.4) is 0 Å². The molecule has 1 aliphatic heterocycles. The number of aromatic nitrogens is 3. The number of aryl methyl sites for hydroxylation is 2. The molecule has 12 heteroatoms. The number of hydrogen-bond acceptors (Lipinski definition) is 7. The van der Waals surface area contributed by atoms with E-state index >= 15 is 0 Å². The number of amidine groups is 1. The molecular formula is C28H23F3N6O2S. The quantitative estimate of drug-likeness (QED) is 0.344. The lowest BCUT2D eigenvalue weighted by atomic mass is 9.99. The van der Waals surface area contributed by atoms with E-state index in [0.29, 0.717) is 22.4 Å². The van der Waals surface area contributed by atoms with Crippen LogP contribution in [0, 0.1) is 25.7 Å². The van der Waals surface area contributed by atoms with Gasteiger partial charge in [0.25, 0.3) is 5.91 Å². The third-order valence-corrected chi connectivity index (χ3v) is 7.78. The number of amides is 1. The maximum absolute atomic E-state index is 12.5. The van der Waals surface area contributed by atoms with Crippen molar-refractivity contribution < 1.29 is 22.7 Å². The Bertz CT molecular complexity index is 1590. The number of nitrogens with zero attached hydrogens (tertiary/aromatic N) is 6. The molecule has 6 rings (SSSR count). The number of alkyl halides is 3. The van der Waals surface area contributed by atoms with E-state index in [2.05, 4.69) is 19.9 Å². The van der Waals surface area contributed by atoms with Crippen molar-refractivity contribution in [2.24, 2.45) is 21.9 Å². The monoisotopic (exact) mass is 564 g/mol. The van der Waals surface area contributed by atoms with Gasteiger partial charge < -0.3 is 4.74 Å². The van der Waals surface area contributed by atoms with Gasteiger partial charge in [0, 0.05) is 5.57 Å². The predicted molar refractivity (Wildman–Crippen MR) is 147 cm³/mol. The van der Waals surface area contributed by atoms with E-state index in [1.165, 1.54) is 52.0 Å². The van der Waals surface area contributed by atoms with Crippen LogP contribution >= 0.6 is 11.8 Å². The van der Waals surface area contributed by atoms with E-state index in [4.69, 9.17) is 4.99 Å². The molecule has 0 radical (unpaired) electrons. The summed E-state index contributed by atoms with van der Waals surface area (Å²) in [5, 5.41) is 11.0. The van der Waals surface area contributed by atoms with Crippen LogP contribution in [0.2, 0.25) is 0 Å². The van der Waals surface area contributed by atoms with Crippen LogP contribution in [0.4, 0.5) is 18.9 Å². The predicted octanol–water partition coefficient (Wildman–Crippen LogP) is 5.99. The van der Waals surface area contributed by atoms with E-state index in [-0.39, 0.29) is 23.5 Å². The third-order valence-electron chi connectivity index (χ3n) is 6.87. The SMILES string of the molecule is Cc1cccc(C)c1N=C1SCC(=O)N1/N=C/C1=CC=C(c2ncn(-c3ccc(OC(F)(F)F)cc3)n2)C2CC12. The van der Waals surface area contributed by atoms with Gasteiger partial charge in [-0.15, -0.1) is 18.3 Å². The molecule has 3 aromatic rings. The average molecular weight is 565 g/mol. The highest BCUT2D eigenvalue weighted by Crippen LogP contribution is 2.53. The molecule has 1 amide bonds. The summed E-state index contributed by atoms with van der Waals surface area (Å²) in [7, 11) is 0. The Morgan fingerprint density at radius 2 is 1.82 bits per heavy atom. The van der Waals surface area contributed by atoms with Crippen molar-refractivity contribution in [2.45, 2.75) is 26.6 Å². The van der Waals surface area contributed by atoms with Gasteiger partial charge in [-0.05, 0) is 73.1 Å². The Morgan fingerprint density at radius 1 is 1.07 bits per heavy atom. The Hall–Kier alpha value is -4.19. The lowest BCUT2D eigenvalue weighted by Gasteiger charge is -2.12. The summed E-state index contributed by atoms with van der Waals surface area (Å²) in [6.07, 6.45) is 3.36. The molecule has 40 heavy (non-hydrogen) atoms. The van der Waals surface area contributed by atoms with Gasteiger partial charge in [0.15, 0.2) is 11.0 Å². The van der Waals surface area contributed by atoms with Gasteiger partial charge in [0.05, 0.1) is 23.3 Å². The summed E-state index contributed by atoms with van der Waals surface area (Å²) in [6, 6.07) is 11.4. The second kappa shape index (κ2) is 10.1. The fourth-order valence-electron chi connectivity index (χ4n) is 4.79. The highest BCUT2D eigenvalue weighted by Gasteiger charge is 2.45. The van der Waals surface area contributed by atoms with Crippen LogP contribution in [-0.4, -0.2) is 49.2 Å². The topological polar surface area (TPSA) is 85.0 Å². The van der Waals surface area contributed by atoms with Crippen LogP contribution in [0.1, 0.15) is 23.4 Å². The highest BCUT2D eigenvalue weighted by atomic mass is 32.2. The first kappa shape index (κ1) is 26.1. The number of carbonyl (C=O) groups is 1. The van der Waals surface area contributed by atoms with Crippen LogP contribution in [0.15, 0.2) is 76.6 Å². The summed E-state index contributed by atoms with van der Waals surface area (Å²) < 4.78 is 42.7. The Balaban J connectivity index is 1.18. The minimum atomic E-state index is -4.74. The van der Waals surface area contributed by atoms with Crippen molar-refractivity contribution >= 4 is 40.3 Å². The minimum absolute atomic E-state index is 0.112. The third kappa shape index (κ3) is 5.31. The summed E-state index contributed by atoms with van der Waals surface area (Å²) in [5.41, 5.74) is 5.49. The van der Waals surface area contributed by atoms with Gasteiger partial charge in [0.2, 0.25) is 0 Å². The van der Waals surface area contributed by atoms with Crippen molar-refractivity contribution in [1.82, 2.24) is 19.8 Å². The van der Waals surface area contributed by atoms with Crippen LogP contribution in [0.5, 0.6) is 5.75 Å². The molecule has 3 aliphatic rings. The number of rotatable bonds is 6. The second-order valence-corrected chi connectivity index (χ2v) is 10.6. The lowest BCUT2D eigenvalue weighted by Crippen LogP contribution is -2.24. The van der Waals surface area contributed by atoms with Gasteiger partial charge >= 0.3 is 6.36 Å². The van der Waals surface area contributed by atoms with Gasteiger partial charge in [-0.1, -0.05) is 42.1 Å². The standard InChI is InChI=1S/C28H23F3N6O2S/c1-16-4-3-5-17(2)25(16)34-27-37(24(38)14-40-27)33-13-18-6-11-21(23-12-22(18)23)26-32-15-36(35-26)19-7-9-20(10-8-19)39-28(29,30)31/h3-11,13,15,22-23H,12,14H2,1-2H3/b33-13+,34-27?. The number of aliphatic imine (C=N–C) groups is 1. The number of para-hydroxylation sites is 1. The summed E-state index contributed by atoms with van der Waals surface area (Å²) in [6.45, 7) is 3.99. The van der Waals surface area contributed by atoms with E-state index in [9.17, 15) is 18.0 Å².